The van der Waals surface area contributed by atoms with Crippen LogP contribution < -0.4 is 5.43 Å². The Morgan fingerprint density at radius 3 is 2.82 bits per heavy atom. The van der Waals surface area contributed by atoms with E-state index in [0.717, 1.165) is 12.1 Å². The topological polar surface area (TPSA) is 42.2 Å². The Labute approximate surface area is 167 Å². The van der Waals surface area contributed by atoms with Gasteiger partial charge < -0.3 is 4.57 Å². The summed E-state index contributed by atoms with van der Waals surface area (Å²) in [5.74, 6) is 1.21. The maximum atomic E-state index is 4.90. The number of aromatic nitrogens is 2. The first kappa shape index (κ1) is 17.5. The van der Waals surface area contributed by atoms with Gasteiger partial charge in [0.05, 0.1) is 23.7 Å². The van der Waals surface area contributed by atoms with Gasteiger partial charge >= 0.3 is 0 Å². The van der Waals surface area contributed by atoms with Gasteiger partial charge in [-0.1, -0.05) is 36.9 Å². The molecule has 0 bridgehead atoms. The quantitative estimate of drug-likeness (QED) is 0.794. The molecule has 1 aromatic carbocycles. The molecule has 1 saturated carbocycles. The molecule has 1 aromatic heterocycles. The third-order valence-electron chi connectivity index (χ3n) is 6.70. The molecule has 3 aliphatic rings. The van der Waals surface area contributed by atoms with Crippen molar-refractivity contribution in [2.45, 2.75) is 57.4 Å². The molecule has 0 saturated heterocycles. The lowest BCUT2D eigenvalue weighted by Gasteiger charge is -2.44. The van der Waals surface area contributed by atoms with Crippen LogP contribution in [0.2, 0.25) is 0 Å². The molecule has 1 N–H and O–H groups in total. The molecule has 1 aliphatic heterocycles. The van der Waals surface area contributed by atoms with Crippen molar-refractivity contribution < 1.29 is 0 Å². The number of rotatable bonds is 3. The summed E-state index contributed by atoms with van der Waals surface area (Å²) < 4.78 is 2.32. The third kappa shape index (κ3) is 2.66. The van der Waals surface area contributed by atoms with Crippen molar-refractivity contribution in [3.05, 3.63) is 77.5 Å². The van der Waals surface area contributed by atoms with Crippen LogP contribution in [0.15, 0.2) is 71.4 Å². The maximum absolute atomic E-state index is 4.90. The van der Waals surface area contributed by atoms with Crippen molar-refractivity contribution in [3.8, 4) is 0 Å². The summed E-state index contributed by atoms with van der Waals surface area (Å²) in [5.41, 5.74) is 11.0. The van der Waals surface area contributed by atoms with Crippen LogP contribution in [0.3, 0.4) is 0 Å². The van der Waals surface area contributed by atoms with Crippen LogP contribution in [-0.2, 0) is 0 Å². The van der Waals surface area contributed by atoms with Crippen LogP contribution in [-0.4, -0.2) is 15.3 Å². The Bertz CT molecular complexity index is 964. The zero-order chi connectivity index (χ0) is 19.3. The molecule has 3 atom stereocenters. The minimum absolute atomic E-state index is 0.215. The van der Waals surface area contributed by atoms with Gasteiger partial charge in [-0.05, 0) is 68.1 Å². The average molecular weight is 373 g/mol. The number of benzene rings is 1. The molecule has 144 valence electrons. The van der Waals surface area contributed by atoms with E-state index in [1.807, 2.05) is 6.33 Å². The van der Waals surface area contributed by atoms with E-state index in [0.29, 0.717) is 17.9 Å². The molecule has 4 nitrogen and oxygen atoms in total. The minimum atomic E-state index is 0.215. The number of nitrogens with one attached hydrogen (secondary N) is 1. The third-order valence-corrected chi connectivity index (χ3v) is 6.70. The van der Waals surface area contributed by atoms with E-state index >= 15 is 0 Å². The molecule has 2 heterocycles. The number of imidazole rings is 1. The van der Waals surface area contributed by atoms with Crippen molar-refractivity contribution in [2.24, 2.45) is 11.0 Å². The van der Waals surface area contributed by atoms with E-state index in [2.05, 4.69) is 71.9 Å². The highest BCUT2D eigenvalue weighted by Crippen LogP contribution is 2.52. The van der Waals surface area contributed by atoms with Gasteiger partial charge in [-0.15, -0.1) is 0 Å². The van der Waals surface area contributed by atoms with E-state index < -0.39 is 0 Å². The number of hydrogen-bond acceptors (Lipinski definition) is 3. The second-order valence-corrected chi connectivity index (χ2v) is 8.62. The fourth-order valence-corrected chi connectivity index (χ4v) is 5.45. The highest BCUT2D eigenvalue weighted by molar-refractivity contribution is 6.08. The van der Waals surface area contributed by atoms with Gasteiger partial charge in [-0.3, -0.25) is 5.43 Å². The Morgan fingerprint density at radius 2 is 2.04 bits per heavy atom. The van der Waals surface area contributed by atoms with Crippen LogP contribution >= 0.6 is 0 Å². The van der Waals surface area contributed by atoms with Crippen molar-refractivity contribution >= 4 is 5.71 Å². The van der Waals surface area contributed by atoms with Crippen LogP contribution in [0, 0.1) is 5.92 Å². The second-order valence-electron chi connectivity index (χ2n) is 8.62. The van der Waals surface area contributed by atoms with Crippen molar-refractivity contribution in [1.82, 2.24) is 15.0 Å². The predicted octanol–water partition coefficient (Wildman–Crippen LogP) is 5.30. The van der Waals surface area contributed by atoms with Crippen LogP contribution in [0.4, 0.5) is 0 Å². The molecule has 0 spiro atoms. The van der Waals surface area contributed by atoms with Gasteiger partial charge in [-0.25, -0.2) is 4.98 Å². The predicted molar refractivity (Wildman–Crippen MR) is 113 cm³/mol. The summed E-state index contributed by atoms with van der Waals surface area (Å²) in [7, 11) is 0. The molecular formula is C24H28N4. The molecule has 5 rings (SSSR count). The molecule has 1 fully saturated rings. The van der Waals surface area contributed by atoms with Gasteiger partial charge in [0.2, 0.25) is 0 Å². The largest absolute Gasteiger partial charge is 0.331 e. The lowest BCUT2D eigenvalue weighted by atomic mass is 9.62. The summed E-state index contributed by atoms with van der Waals surface area (Å²) in [6, 6.07) is 11.4. The minimum Gasteiger partial charge on any atom is -0.331 e. The van der Waals surface area contributed by atoms with Crippen LogP contribution in [0.25, 0.3) is 0 Å². The molecule has 0 radical (unpaired) electrons. The fourth-order valence-electron chi connectivity index (χ4n) is 5.45. The smallest absolute Gasteiger partial charge is 0.0950 e. The lowest BCUT2D eigenvalue weighted by molar-refractivity contribution is 0.387. The Balaban J connectivity index is 1.70. The van der Waals surface area contributed by atoms with Crippen LogP contribution in [0.5, 0.6) is 0 Å². The standard InChI is InChI=1S/C24H28N4/c1-15(2)28-14-25-13-21(28)23-20(17-8-5-4-6-9-17)12-18-10-7-11-19-16(3)26-27-24(23)22(18)19/h4-6,8-9,13-15,18,20,23,26H,3,7,10-12H2,1-2H3. The Morgan fingerprint density at radius 1 is 1.21 bits per heavy atom. The van der Waals surface area contributed by atoms with E-state index in [9.17, 15) is 0 Å². The first-order valence-corrected chi connectivity index (χ1v) is 10.5. The summed E-state index contributed by atoms with van der Waals surface area (Å²) in [6.07, 6.45) is 8.81. The van der Waals surface area contributed by atoms with Crippen LogP contribution in [0.1, 0.15) is 68.7 Å². The Kier molecular flexibility index (Phi) is 4.22. The van der Waals surface area contributed by atoms with Gasteiger partial charge in [0.25, 0.3) is 0 Å². The Hall–Kier alpha value is -2.62. The zero-order valence-electron chi connectivity index (χ0n) is 16.7. The fraction of sp³-hybridized carbons (Fsp3) is 0.417. The van der Waals surface area contributed by atoms with E-state index in [1.165, 1.54) is 47.4 Å². The lowest BCUT2D eigenvalue weighted by Crippen LogP contribution is -2.40. The van der Waals surface area contributed by atoms with Gasteiger partial charge in [0, 0.05) is 17.9 Å². The van der Waals surface area contributed by atoms with Crippen molar-refractivity contribution in [3.63, 3.8) is 0 Å². The van der Waals surface area contributed by atoms with Crippen molar-refractivity contribution in [2.75, 3.05) is 0 Å². The first-order chi connectivity index (χ1) is 13.6. The highest BCUT2D eigenvalue weighted by Gasteiger charge is 2.45. The molecule has 0 amide bonds. The molecular weight excluding hydrogens is 344 g/mol. The maximum Gasteiger partial charge on any atom is 0.0950 e. The summed E-state index contributed by atoms with van der Waals surface area (Å²) >= 11 is 0. The summed E-state index contributed by atoms with van der Waals surface area (Å²) in [4.78, 5) is 4.53. The molecule has 28 heavy (non-hydrogen) atoms. The van der Waals surface area contributed by atoms with Gasteiger partial charge in [0.1, 0.15) is 0 Å². The molecule has 4 heteroatoms. The van der Waals surface area contributed by atoms with E-state index in [1.54, 1.807) is 0 Å². The summed E-state index contributed by atoms with van der Waals surface area (Å²) in [5, 5.41) is 4.90. The van der Waals surface area contributed by atoms with Crippen molar-refractivity contribution in [1.29, 1.82) is 0 Å². The SMILES string of the molecule is C=C1NN=C2C3=C1CCCC3CC(c1ccccc1)C2c1cncn1C(C)C. The summed E-state index contributed by atoms with van der Waals surface area (Å²) in [6.45, 7) is 8.69. The molecule has 3 unspecified atom stereocenters. The number of hydrazone groups is 1. The normalized spacial score (nSPS) is 26.8. The highest BCUT2D eigenvalue weighted by atomic mass is 15.3. The monoisotopic (exact) mass is 372 g/mol. The number of nitrogens with zero attached hydrogens (tertiary/aromatic N) is 3. The van der Waals surface area contributed by atoms with E-state index in [-0.39, 0.29) is 5.92 Å². The van der Waals surface area contributed by atoms with E-state index in [4.69, 9.17) is 5.10 Å². The number of allylic oxidation sites excluding steroid dienone is 2. The zero-order valence-corrected chi connectivity index (χ0v) is 16.7. The first-order valence-electron chi connectivity index (χ1n) is 10.5. The average Bonchev–Trinajstić information content (AvgIpc) is 3.20. The number of hydrogen-bond donors (Lipinski definition) is 1. The van der Waals surface area contributed by atoms with Gasteiger partial charge in [-0.2, -0.15) is 5.10 Å². The van der Waals surface area contributed by atoms with Gasteiger partial charge in [0.15, 0.2) is 0 Å². The molecule has 2 aliphatic carbocycles. The molecule has 2 aromatic rings. The second kappa shape index (κ2) is 6.77.